The Morgan fingerprint density at radius 2 is 1.79 bits per heavy atom. The van der Waals surface area contributed by atoms with Crippen LogP contribution in [0.3, 0.4) is 0 Å². The maximum atomic E-state index is 12.9. The number of aryl methyl sites for hydroxylation is 2. The molecule has 0 bridgehead atoms. The van der Waals surface area contributed by atoms with Crippen LogP contribution in [0.4, 0.5) is 0 Å². The maximum absolute atomic E-state index is 12.9. The van der Waals surface area contributed by atoms with Gasteiger partial charge in [0.1, 0.15) is 11.3 Å². The number of sulfonamides is 1. The molecule has 1 amide bonds. The van der Waals surface area contributed by atoms with Crippen molar-refractivity contribution in [3.63, 3.8) is 0 Å². The molecule has 33 heavy (non-hydrogen) atoms. The van der Waals surface area contributed by atoms with Crippen molar-refractivity contribution in [2.45, 2.75) is 25.3 Å². The van der Waals surface area contributed by atoms with E-state index in [0.29, 0.717) is 16.9 Å². The van der Waals surface area contributed by atoms with Crippen LogP contribution in [0.15, 0.2) is 71.6 Å². The van der Waals surface area contributed by atoms with Crippen molar-refractivity contribution in [3.8, 4) is 5.75 Å². The molecule has 0 aliphatic heterocycles. The van der Waals surface area contributed by atoms with E-state index in [1.807, 2.05) is 30.5 Å². The van der Waals surface area contributed by atoms with Crippen molar-refractivity contribution >= 4 is 37.5 Å². The second kappa shape index (κ2) is 10.3. The molecule has 0 saturated heterocycles. The number of thiazole rings is 1. The molecule has 0 unspecified atom stereocenters. The highest BCUT2D eigenvalue weighted by Crippen LogP contribution is 2.30. The number of aromatic nitrogens is 1. The van der Waals surface area contributed by atoms with Crippen LogP contribution in [0.2, 0.25) is 0 Å². The Bertz CT molecular complexity index is 1360. The average molecular weight is 486 g/mol. The number of carbonyl (C=O) groups is 1. The molecule has 0 aliphatic rings. The monoisotopic (exact) mass is 485 g/mol. The largest absolute Gasteiger partial charge is 0.495 e. The van der Waals surface area contributed by atoms with Gasteiger partial charge in [-0.3, -0.25) is 4.79 Å². The molecular formula is C24H27N3O4S2. The summed E-state index contributed by atoms with van der Waals surface area (Å²) in [5.74, 6) is 0.277. The van der Waals surface area contributed by atoms with Crippen LogP contribution in [0.25, 0.3) is 10.2 Å². The molecule has 3 aromatic rings. The minimum Gasteiger partial charge on any atom is -0.495 e. The predicted octanol–water partition coefficient (Wildman–Crippen LogP) is 4.14. The summed E-state index contributed by atoms with van der Waals surface area (Å²) in [7, 11) is -2.12. The van der Waals surface area contributed by atoms with E-state index in [1.54, 1.807) is 7.11 Å². The quantitative estimate of drug-likeness (QED) is 0.427. The zero-order valence-corrected chi connectivity index (χ0v) is 20.6. The van der Waals surface area contributed by atoms with Gasteiger partial charge < -0.3 is 9.30 Å². The van der Waals surface area contributed by atoms with Crippen molar-refractivity contribution in [1.82, 2.24) is 8.87 Å². The summed E-state index contributed by atoms with van der Waals surface area (Å²) in [5.41, 5.74) is 2.28. The second-order valence-electron chi connectivity index (χ2n) is 7.23. The smallest absolute Gasteiger partial charge is 0.279 e. The SMILES string of the molecule is C=CCN(CC=C)S(=O)(=O)c1ccc(C(=O)N=c2sc3c(C)ccc(OC)c3n2CC)cc1. The van der Waals surface area contributed by atoms with Gasteiger partial charge in [0, 0.05) is 25.2 Å². The summed E-state index contributed by atoms with van der Waals surface area (Å²) < 4.78 is 35.5. The highest BCUT2D eigenvalue weighted by atomic mass is 32.2. The Morgan fingerprint density at radius 1 is 1.15 bits per heavy atom. The second-order valence-corrected chi connectivity index (χ2v) is 10.1. The first kappa shape index (κ1) is 24.6. The lowest BCUT2D eigenvalue weighted by molar-refractivity contribution is 0.0997. The van der Waals surface area contributed by atoms with Gasteiger partial charge in [0.2, 0.25) is 10.0 Å². The standard InChI is InChI=1S/C24H27N3O4S2/c1-6-15-26(16-7-2)33(29,30)19-12-10-18(11-13-19)23(28)25-24-27(8-3)21-20(31-5)14-9-17(4)22(21)32-24/h6-7,9-14H,1-2,8,15-16H2,3-5H3. The summed E-state index contributed by atoms with van der Waals surface area (Å²) >= 11 is 1.42. The van der Waals surface area contributed by atoms with Crippen LogP contribution in [0, 0.1) is 6.92 Å². The summed E-state index contributed by atoms with van der Waals surface area (Å²) in [6, 6.07) is 9.68. The summed E-state index contributed by atoms with van der Waals surface area (Å²) in [6.07, 6.45) is 3.03. The fraction of sp³-hybridized carbons (Fsp3) is 0.250. The van der Waals surface area contributed by atoms with E-state index >= 15 is 0 Å². The Kier molecular flexibility index (Phi) is 7.68. The highest BCUT2D eigenvalue weighted by molar-refractivity contribution is 7.89. The van der Waals surface area contributed by atoms with Crippen LogP contribution in [0.1, 0.15) is 22.8 Å². The Morgan fingerprint density at radius 3 is 2.33 bits per heavy atom. The van der Waals surface area contributed by atoms with Gasteiger partial charge in [0.25, 0.3) is 5.91 Å². The van der Waals surface area contributed by atoms with Crippen molar-refractivity contribution in [3.05, 3.63) is 77.6 Å². The van der Waals surface area contributed by atoms with Gasteiger partial charge in [-0.15, -0.1) is 13.2 Å². The summed E-state index contributed by atoms with van der Waals surface area (Å²) in [4.78, 5) is 17.9. The lowest BCUT2D eigenvalue weighted by Gasteiger charge is -2.19. The molecule has 0 N–H and O–H groups in total. The topological polar surface area (TPSA) is 81.0 Å². The van der Waals surface area contributed by atoms with Gasteiger partial charge >= 0.3 is 0 Å². The molecule has 7 nitrogen and oxygen atoms in total. The summed E-state index contributed by atoms with van der Waals surface area (Å²) in [6.45, 7) is 12.1. The molecule has 0 radical (unpaired) electrons. The van der Waals surface area contributed by atoms with Gasteiger partial charge in [-0.1, -0.05) is 29.6 Å². The Balaban J connectivity index is 2.01. The number of carbonyl (C=O) groups excluding carboxylic acids is 1. The van der Waals surface area contributed by atoms with Crippen molar-refractivity contribution in [2.24, 2.45) is 4.99 Å². The maximum Gasteiger partial charge on any atom is 0.279 e. The first-order chi connectivity index (χ1) is 15.8. The lowest BCUT2D eigenvalue weighted by atomic mass is 10.2. The number of amides is 1. The fourth-order valence-corrected chi connectivity index (χ4v) is 6.01. The molecular weight excluding hydrogens is 458 g/mol. The highest BCUT2D eigenvalue weighted by Gasteiger charge is 2.22. The lowest BCUT2D eigenvalue weighted by Crippen LogP contribution is -2.31. The number of benzene rings is 2. The molecule has 2 aromatic carbocycles. The van der Waals surface area contributed by atoms with Crippen LogP contribution >= 0.6 is 11.3 Å². The molecule has 1 heterocycles. The van der Waals surface area contributed by atoms with Crippen LogP contribution in [-0.2, 0) is 16.6 Å². The van der Waals surface area contributed by atoms with Crippen LogP contribution in [0.5, 0.6) is 5.75 Å². The third kappa shape index (κ3) is 4.85. The normalized spacial score (nSPS) is 12.3. The van der Waals surface area contributed by atoms with Gasteiger partial charge in [0.05, 0.1) is 16.7 Å². The molecule has 0 spiro atoms. The number of hydrogen-bond donors (Lipinski definition) is 0. The number of hydrogen-bond acceptors (Lipinski definition) is 5. The minimum absolute atomic E-state index is 0.0913. The first-order valence-electron chi connectivity index (χ1n) is 10.4. The van der Waals surface area contributed by atoms with Gasteiger partial charge in [0.15, 0.2) is 4.80 Å². The zero-order chi connectivity index (χ0) is 24.2. The number of nitrogens with zero attached hydrogens (tertiary/aromatic N) is 3. The van der Waals surface area contributed by atoms with E-state index in [2.05, 4.69) is 18.2 Å². The Hall–Kier alpha value is -3.01. The van der Waals surface area contributed by atoms with Crippen molar-refractivity contribution in [2.75, 3.05) is 20.2 Å². The number of methoxy groups -OCH3 is 1. The molecule has 3 rings (SSSR count). The average Bonchev–Trinajstić information content (AvgIpc) is 3.18. The van der Waals surface area contributed by atoms with Crippen LogP contribution < -0.4 is 9.54 Å². The van der Waals surface area contributed by atoms with Crippen molar-refractivity contribution in [1.29, 1.82) is 0 Å². The van der Waals surface area contributed by atoms with E-state index in [0.717, 1.165) is 21.5 Å². The number of ether oxygens (including phenoxy) is 1. The molecule has 0 atom stereocenters. The van der Waals surface area contributed by atoms with Crippen LogP contribution in [-0.4, -0.2) is 43.4 Å². The van der Waals surface area contributed by atoms with E-state index in [4.69, 9.17) is 4.74 Å². The molecule has 0 fully saturated rings. The molecule has 0 aliphatic carbocycles. The Labute approximate surface area is 198 Å². The van der Waals surface area contributed by atoms with E-state index < -0.39 is 15.9 Å². The first-order valence-corrected chi connectivity index (χ1v) is 12.6. The third-order valence-corrected chi connectivity index (χ3v) is 8.18. The van der Waals surface area contributed by atoms with Crippen molar-refractivity contribution < 1.29 is 17.9 Å². The predicted molar refractivity (Wildman–Crippen MR) is 132 cm³/mol. The summed E-state index contributed by atoms with van der Waals surface area (Å²) in [5, 5.41) is 0. The zero-order valence-electron chi connectivity index (χ0n) is 18.9. The molecule has 174 valence electrons. The number of rotatable bonds is 9. The van der Waals surface area contributed by atoms with Gasteiger partial charge in [-0.25, -0.2) is 8.42 Å². The number of fused-ring (bicyclic) bond motifs is 1. The third-order valence-electron chi connectivity index (χ3n) is 5.12. The van der Waals surface area contributed by atoms with E-state index in [9.17, 15) is 13.2 Å². The molecule has 0 saturated carbocycles. The molecule has 9 heteroatoms. The van der Waals surface area contributed by atoms with E-state index in [1.165, 1.54) is 52.1 Å². The minimum atomic E-state index is -3.73. The van der Waals surface area contributed by atoms with E-state index in [-0.39, 0.29) is 18.0 Å². The molecule has 1 aromatic heterocycles. The van der Waals surface area contributed by atoms with Gasteiger partial charge in [-0.2, -0.15) is 9.30 Å². The fourth-order valence-electron chi connectivity index (χ4n) is 3.45. The van der Waals surface area contributed by atoms with Gasteiger partial charge in [-0.05, 0) is 49.7 Å².